The second kappa shape index (κ2) is 4.86. The Morgan fingerprint density at radius 2 is 2.09 bits per heavy atom. The summed E-state index contributed by atoms with van der Waals surface area (Å²) in [4.78, 5) is 36.4. The van der Waals surface area contributed by atoms with Crippen molar-refractivity contribution in [3.05, 3.63) is 23.5 Å². The number of rotatable bonds is 2. The fourth-order valence-corrected chi connectivity index (χ4v) is 2.43. The van der Waals surface area contributed by atoms with E-state index in [1.54, 1.807) is 0 Å². The first kappa shape index (κ1) is 14.1. The molecule has 0 aromatic heterocycles. The summed E-state index contributed by atoms with van der Waals surface area (Å²) in [7, 11) is 1.39. The van der Waals surface area contributed by atoms with Crippen LogP contribution in [0.15, 0.2) is 12.1 Å². The average Bonchev–Trinajstić information content (AvgIpc) is 2.85. The monoisotopic (exact) mass is 309 g/mol. The predicted octanol–water partition coefficient (Wildman–Crippen LogP) is 0.723. The van der Waals surface area contributed by atoms with Crippen molar-refractivity contribution in [3.8, 4) is 0 Å². The van der Waals surface area contributed by atoms with E-state index in [0.29, 0.717) is 5.56 Å². The highest BCUT2D eigenvalue weighted by Gasteiger charge is 2.37. The Morgan fingerprint density at radius 1 is 1.36 bits per heavy atom. The zero-order valence-electron chi connectivity index (χ0n) is 11.5. The number of halogens is 1. The first-order chi connectivity index (χ1) is 10.4. The van der Waals surface area contributed by atoms with Crippen LogP contribution in [0.3, 0.4) is 0 Å². The molecule has 1 aromatic carbocycles. The highest BCUT2D eigenvalue weighted by Crippen LogP contribution is 2.34. The molecule has 1 unspecified atom stereocenters. The Kier molecular flexibility index (Phi) is 3.12. The summed E-state index contributed by atoms with van der Waals surface area (Å²) >= 11 is 0. The van der Waals surface area contributed by atoms with Gasteiger partial charge in [-0.1, -0.05) is 0 Å². The van der Waals surface area contributed by atoms with Gasteiger partial charge in [0, 0.05) is 12.6 Å². The highest BCUT2D eigenvalue weighted by atomic mass is 19.1. The molecule has 2 aliphatic heterocycles. The molecule has 0 aliphatic carbocycles. The summed E-state index contributed by atoms with van der Waals surface area (Å²) in [6.07, 6.45) is -2.52. The molecule has 0 spiro atoms. The molecule has 2 N–H and O–H groups in total. The highest BCUT2D eigenvalue weighted by molar-refractivity contribution is 5.96. The molecule has 1 fully saturated rings. The molecule has 0 radical (unpaired) electrons. The zero-order chi connectivity index (χ0) is 16.0. The minimum Gasteiger partial charge on any atom is -0.444 e. The third-order valence-electron chi connectivity index (χ3n) is 3.53. The van der Waals surface area contributed by atoms with E-state index in [4.69, 9.17) is 15.2 Å². The molecule has 8 nitrogen and oxygen atoms in total. The van der Waals surface area contributed by atoms with Gasteiger partial charge in [-0.05, 0) is 12.1 Å². The Hall–Kier alpha value is -2.84. The summed E-state index contributed by atoms with van der Waals surface area (Å²) in [6.45, 7) is -0.201. The zero-order valence-corrected chi connectivity index (χ0v) is 11.5. The smallest absolute Gasteiger partial charge is 0.415 e. The number of primary amides is 1. The maximum Gasteiger partial charge on any atom is 0.415 e. The summed E-state index contributed by atoms with van der Waals surface area (Å²) in [5, 5.41) is 0. The molecule has 0 bridgehead atoms. The number of cyclic esters (lactones) is 2. The molecule has 1 saturated heterocycles. The van der Waals surface area contributed by atoms with Crippen LogP contribution in [0.5, 0.6) is 0 Å². The van der Waals surface area contributed by atoms with Gasteiger partial charge in [0.25, 0.3) is 5.91 Å². The maximum atomic E-state index is 14.3. The lowest BCUT2D eigenvalue weighted by Crippen LogP contribution is -2.34. The van der Waals surface area contributed by atoms with E-state index >= 15 is 0 Å². The van der Waals surface area contributed by atoms with E-state index in [0.717, 1.165) is 15.9 Å². The second-order valence-corrected chi connectivity index (χ2v) is 4.93. The topological polar surface area (TPSA) is 102 Å². The summed E-state index contributed by atoms with van der Waals surface area (Å²) in [6, 6.07) is 2.60. The first-order valence-corrected chi connectivity index (χ1v) is 6.39. The number of nitrogens with zero attached hydrogens (tertiary/aromatic N) is 2. The van der Waals surface area contributed by atoms with E-state index in [2.05, 4.69) is 0 Å². The molecule has 3 amide bonds. The van der Waals surface area contributed by atoms with Crippen LogP contribution in [0.2, 0.25) is 0 Å². The minimum absolute atomic E-state index is 0.0952. The van der Waals surface area contributed by atoms with Gasteiger partial charge in [-0.2, -0.15) is 0 Å². The van der Waals surface area contributed by atoms with Crippen LogP contribution in [0.1, 0.15) is 5.56 Å². The number of ether oxygens (including phenoxy) is 2. The van der Waals surface area contributed by atoms with Crippen LogP contribution in [0, 0.1) is 5.82 Å². The van der Waals surface area contributed by atoms with Crippen LogP contribution in [0.4, 0.5) is 25.4 Å². The van der Waals surface area contributed by atoms with Gasteiger partial charge in [0.05, 0.1) is 17.9 Å². The van der Waals surface area contributed by atoms with Crippen molar-refractivity contribution in [2.24, 2.45) is 5.73 Å². The second-order valence-electron chi connectivity index (χ2n) is 4.93. The number of amides is 3. The SMILES string of the molecule is CN1C(=O)OCc2cc(N3CC(C(N)=O)OC3=O)cc(F)c21. The van der Waals surface area contributed by atoms with Crippen molar-refractivity contribution < 1.29 is 28.2 Å². The van der Waals surface area contributed by atoms with Crippen LogP contribution < -0.4 is 15.5 Å². The first-order valence-electron chi connectivity index (χ1n) is 6.39. The van der Waals surface area contributed by atoms with Gasteiger partial charge in [0.1, 0.15) is 12.4 Å². The largest absolute Gasteiger partial charge is 0.444 e. The van der Waals surface area contributed by atoms with Gasteiger partial charge in [-0.25, -0.2) is 14.0 Å². The van der Waals surface area contributed by atoms with Crippen LogP contribution in [0.25, 0.3) is 0 Å². The van der Waals surface area contributed by atoms with Crippen molar-refractivity contribution in [2.45, 2.75) is 12.7 Å². The van der Waals surface area contributed by atoms with Crippen LogP contribution in [-0.4, -0.2) is 37.8 Å². The molecular weight excluding hydrogens is 297 g/mol. The predicted molar refractivity (Wildman–Crippen MR) is 71.8 cm³/mol. The van der Waals surface area contributed by atoms with Gasteiger partial charge >= 0.3 is 12.2 Å². The summed E-state index contributed by atoms with van der Waals surface area (Å²) < 4.78 is 24.0. The number of hydrogen-bond acceptors (Lipinski definition) is 5. The molecule has 2 heterocycles. The molecule has 22 heavy (non-hydrogen) atoms. The van der Waals surface area contributed by atoms with Crippen molar-refractivity contribution in [1.82, 2.24) is 0 Å². The van der Waals surface area contributed by atoms with E-state index < -0.39 is 30.0 Å². The number of nitrogens with two attached hydrogens (primary N) is 1. The Morgan fingerprint density at radius 3 is 2.73 bits per heavy atom. The van der Waals surface area contributed by atoms with Gasteiger partial charge in [0.2, 0.25) is 0 Å². The number of anilines is 2. The third-order valence-corrected chi connectivity index (χ3v) is 3.53. The third kappa shape index (κ3) is 2.10. The maximum absolute atomic E-state index is 14.3. The minimum atomic E-state index is -1.08. The fourth-order valence-electron chi connectivity index (χ4n) is 2.43. The van der Waals surface area contributed by atoms with Crippen molar-refractivity contribution in [2.75, 3.05) is 23.4 Å². The lowest BCUT2D eigenvalue weighted by Gasteiger charge is -2.27. The lowest BCUT2D eigenvalue weighted by molar-refractivity contribution is -0.124. The number of hydrogen-bond donors (Lipinski definition) is 1. The normalized spacial score (nSPS) is 20.5. The molecule has 9 heteroatoms. The summed E-state index contributed by atoms with van der Waals surface area (Å²) in [5.41, 5.74) is 5.80. The van der Waals surface area contributed by atoms with Gasteiger partial charge in [-0.15, -0.1) is 0 Å². The standard InChI is InChI=1S/C13H12FN3O5/c1-16-10-6(5-21-12(16)19)2-7(3-8(10)14)17-4-9(11(15)18)22-13(17)20/h2-3,9H,4-5H2,1H3,(H2,15,18). The Balaban J connectivity index is 1.97. The van der Waals surface area contributed by atoms with Gasteiger partial charge < -0.3 is 15.2 Å². The van der Waals surface area contributed by atoms with Crippen molar-refractivity contribution in [3.63, 3.8) is 0 Å². The van der Waals surface area contributed by atoms with Gasteiger partial charge in [0.15, 0.2) is 6.10 Å². The molecular formula is C13H12FN3O5. The lowest BCUT2D eigenvalue weighted by atomic mass is 10.1. The van der Waals surface area contributed by atoms with E-state index in [1.165, 1.54) is 13.1 Å². The molecule has 3 rings (SSSR count). The van der Waals surface area contributed by atoms with Crippen molar-refractivity contribution in [1.29, 1.82) is 0 Å². The van der Waals surface area contributed by atoms with E-state index in [1.807, 2.05) is 0 Å². The molecule has 1 atom stereocenters. The molecule has 0 saturated carbocycles. The van der Waals surface area contributed by atoms with Crippen molar-refractivity contribution >= 4 is 29.5 Å². The van der Waals surface area contributed by atoms with Gasteiger partial charge in [-0.3, -0.25) is 14.6 Å². The number of carbonyl (C=O) groups excluding carboxylic acids is 3. The molecule has 2 aliphatic rings. The fraction of sp³-hybridized carbons (Fsp3) is 0.308. The number of benzene rings is 1. The van der Waals surface area contributed by atoms with Crippen LogP contribution in [-0.2, 0) is 20.9 Å². The molecule has 116 valence electrons. The quantitative estimate of drug-likeness (QED) is 0.867. The number of fused-ring (bicyclic) bond motifs is 1. The Bertz CT molecular complexity index is 692. The number of carbonyl (C=O) groups is 3. The summed E-state index contributed by atoms with van der Waals surface area (Å²) in [5.74, 6) is -1.45. The molecule has 1 aromatic rings. The average molecular weight is 309 g/mol. The van der Waals surface area contributed by atoms with E-state index in [-0.39, 0.29) is 24.5 Å². The Labute approximate surface area is 124 Å². The van der Waals surface area contributed by atoms with E-state index in [9.17, 15) is 18.8 Å². The van der Waals surface area contributed by atoms with Crippen LogP contribution >= 0.6 is 0 Å².